The minimum absolute atomic E-state index is 0.0180. The van der Waals surface area contributed by atoms with Gasteiger partial charge in [-0.2, -0.15) is 0 Å². The Morgan fingerprint density at radius 1 is 0.744 bits per heavy atom. The number of hydrogen-bond acceptors (Lipinski definition) is 17. The molecular weight excluding hydrogens is 1060 g/mol. The van der Waals surface area contributed by atoms with Crippen molar-refractivity contribution in [2.75, 3.05) is 72.3 Å². The third-order valence-electron chi connectivity index (χ3n) is 14.7. The fraction of sp³-hybridized carbons (Fsp3) is 0.541. The zero-order valence-corrected chi connectivity index (χ0v) is 47.7. The molecule has 3 aromatic carbocycles. The molecule has 21 nitrogen and oxygen atoms in total. The standard InChI is InChI=1S/C61H78N4O17/c1-6-61(2,3)55(70)59(74)64-30-10-7-20-47(64)60(75)82-48(26-22-40-23-27-49(76-4)51(37-40)77-5)41-15-13-16-42(38-41)62-52(68)28-24-43(66)17-8-11-31-78-33-35-80-36-34-79-32-12-9-18-44(67)39-81-50-21-14-19-45-54(50)58(73)65(57(45)72)46-25-29-53(69)63-56(46)71/h13-16,19,21,23,27,37-38,46-48H,6-12,17-18,20,22,24-26,28-36,39H2,1-5H3,(H,62,68)(H,63,69,71)/i46D. The van der Waals surface area contributed by atoms with E-state index in [0.717, 1.165) is 5.56 Å². The number of anilines is 1. The summed E-state index contributed by atoms with van der Waals surface area (Å²) in [4.78, 5) is 132. The predicted molar refractivity (Wildman–Crippen MR) is 298 cm³/mol. The third-order valence-corrected chi connectivity index (χ3v) is 14.7. The number of nitrogens with one attached hydrogen (secondary N) is 2. The van der Waals surface area contributed by atoms with Crippen LogP contribution in [0.2, 0.25) is 0 Å². The normalized spacial score (nSPS) is 17.6. The summed E-state index contributed by atoms with van der Waals surface area (Å²) in [6, 6.07) is 13.6. The van der Waals surface area contributed by atoms with Crippen LogP contribution >= 0.6 is 0 Å². The molecule has 0 spiro atoms. The molecule has 6 amide bonds. The molecule has 3 aliphatic rings. The summed E-state index contributed by atoms with van der Waals surface area (Å²) in [5, 5.41) is 4.89. The van der Waals surface area contributed by atoms with E-state index in [2.05, 4.69) is 5.32 Å². The van der Waals surface area contributed by atoms with Crippen molar-refractivity contribution in [1.82, 2.24) is 15.1 Å². The quantitative estimate of drug-likeness (QED) is 0.0259. The van der Waals surface area contributed by atoms with Crippen LogP contribution in [0.25, 0.3) is 0 Å². The van der Waals surface area contributed by atoms with E-state index < -0.39 is 64.9 Å². The number of unbranched alkanes of at least 4 members (excludes halogenated alkanes) is 2. The second kappa shape index (κ2) is 31.7. The number of methoxy groups -OCH3 is 2. The monoisotopic (exact) mass is 1140 g/mol. The van der Waals surface area contributed by atoms with Crippen molar-refractivity contribution in [3.8, 4) is 17.2 Å². The number of likely N-dealkylation sites (tertiary alicyclic amines) is 1. The maximum atomic E-state index is 14.1. The first-order chi connectivity index (χ1) is 39.8. The van der Waals surface area contributed by atoms with Gasteiger partial charge in [0.05, 0.1) is 53.1 Å². The summed E-state index contributed by atoms with van der Waals surface area (Å²) in [5.74, 6) is -4.80. The zero-order chi connectivity index (χ0) is 60.1. The van der Waals surface area contributed by atoms with Crippen LogP contribution in [0.3, 0.4) is 0 Å². The van der Waals surface area contributed by atoms with Crippen molar-refractivity contribution >= 4 is 64.4 Å². The SMILES string of the molecule is [2H]C1(N2C(=O)c3cccc(OCC(=O)CCCCOCCOCCOCCCCC(=O)CCC(=O)Nc4cccc(C(CCc5ccc(OC)c(OC)c5)OC(=O)C5CCCCN5C(=O)C(=O)C(C)(C)CC)c4)c3C2=O)CCC(=O)NC1=O. The first-order valence-electron chi connectivity index (χ1n) is 28.7. The molecule has 444 valence electrons. The maximum absolute atomic E-state index is 14.1. The van der Waals surface area contributed by atoms with Gasteiger partial charge < -0.3 is 43.4 Å². The largest absolute Gasteiger partial charge is 0.493 e. The Morgan fingerprint density at radius 2 is 1.43 bits per heavy atom. The Morgan fingerprint density at radius 3 is 2.11 bits per heavy atom. The predicted octanol–water partition coefficient (Wildman–Crippen LogP) is 7.03. The second-order valence-electron chi connectivity index (χ2n) is 21.0. The van der Waals surface area contributed by atoms with Gasteiger partial charge in [0.25, 0.3) is 17.7 Å². The first kappa shape index (κ1) is 62.2. The van der Waals surface area contributed by atoms with Gasteiger partial charge in [-0.25, -0.2) is 4.79 Å². The average molecular weight is 1140 g/mol. The number of fused-ring (bicyclic) bond motifs is 1. The van der Waals surface area contributed by atoms with E-state index in [0.29, 0.717) is 138 Å². The molecule has 0 radical (unpaired) electrons. The molecule has 3 heterocycles. The Bertz CT molecular complexity index is 2840. The fourth-order valence-electron chi connectivity index (χ4n) is 9.53. The van der Waals surface area contributed by atoms with Gasteiger partial charge in [-0.3, -0.25) is 53.4 Å². The van der Waals surface area contributed by atoms with Gasteiger partial charge in [0.2, 0.25) is 23.5 Å². The van der Waals surface area contributed by atoms with E-state index in [1.54, 1.807) is 58.4 Å². The number of Topliss-reactive ketones (excluding diaryl/α,β-unsaturated/α-hetero) is 3. The van der Waals surface area contributed by atoms with E-state index in [4.69, 9.17) is 34.5 Å². The number of ether oxygens (including phenoxy) is 7. The second-order valence-corrected chi connectivity index (χ2v) is 21.0. The van der Waals surface area contributed by atoms with Crippen LogP contribution in [-0.4, -0.2) is 148 Å². The molecule has 3 atom stereocenters. The molecule has 2 N–H and O–H groups in total. The van der Waals surface area contributed by atoms with Crippen LogP contribution < -0.4 is 24.8 Å². The van der Waals surface area contributed by atoms with Crippen LogP contribution in [0.1, 0.15) is 156 Å². The Balaban J connectivity index is 0.826. The molecule has 2 saturated heterocycles. The van der Waals surface area contributed by atoms with Gasteiger partial charge in [0, 0.05) is 63.0 Å². The summed E-state index contributed by atoms with van der Waals surface area (Å²) in [5.41, 5.74) is 0.892. The lowest BCUT2D eigenvalue weighted by molar-refractivity contribution is -0.164. The smallest absolute Gasteiger partial charge is 0.329 e. The molecule has 0 saturated carbocycles. The summed E-state index contributed by atoms with van der Waals surface area (Å²) in [6.45, 7) is 7.45. The van der Waals surface area contributed by atoms with Gasteiger partial charge in [0.15, 0.2) is 17.3 Å². The zero-order valence-electron chi connectivity index (χ0n) is 48.7. The van der Waals surface area contributed by atoms with Crippen LogP contribution in [0.5, 0.6) is 17.2 Å². The first-order valence-corrected chi connectivity index (χ1v) is 28.2. The Labute approximate surface area is 480 Å². The van der Waals surface area contributed by atoms with Gasteiger partial charge in [0.1, 0.15) is 36.3 Å². The van der Waals surface area contributed by atoms with Gasteiger partial charge >= 0.3 is 5.97 Å². The van der Waals surface area contributed by atoms with Crippen LogP contribution in [0.4, 0.5) is 5.69 Å². The van der Waals surface area contributed by atoms with Crippen molar-refractivity contribution in [3.63, 3.8) is 0 Å². The van der Waals surface area contributed by atoms with Gasteiger partial charge in [-0.15, -0.1) is 0 Å². The lowest BCUT2D eigenvalue weighted by Gasteiger charge is -2.36. The summed E-state index contributed by atoms with van der Waals surface area (Å²) < 4.78 is 48.2. The average Bonchev–Trinajstić information content (AvgIpc) is 2.70. The number of piperidine rings is 2. The van der Waals surface area contributed by atoms with Crippen molar-refractivity contribution in [3.05, 3.63) is 82.9 Å². The molecule has 6 rings (SSSR count). The van der Waals surface area contributed by atoms with Crippen LogP contribution in [-0.2, 0) is 63.7 Å². The topological polar surface area (TPSA) is 266 Å². The van der Waals surface area contributed by atoms with Crippen molar-refractivity contribution in [2.24, 2.45) is 5.41 Å². The number of amides is 6. The van der Waals surface area contributed by atoms with E-state index in [1.807, 2.05) is 24.4 Å². The number of rotatable bonds is 35. The minimum Gasteiger partial charge on any atom is -0.493 e. The lowest BCUT2D eigenvalue weighted by Crippen LogP contribution is -2.54. The summed E-state index contributed by atoms with van der Waals surface area (Å²) in [6.07, 6.45) is 4.55. The number of nitrogens with zero attached hydrogens (tertiary/aromatic N) is 2. The number of esters is 1. The molecule has 82 heavy (non-hydrogen) atoms. The third kappa shape index (κ3) is 18.1. The Hall–Kier alpha value is -7.36. The highest BCUT2D eigenvalue weighted by atomic mass is 16.6. The number of aryl methyl sites for hydroxylation is 1. The summed E-state index contributed by atoms with van der Waals surface area (Å²) >= 11 is 0. The highest BCUT2D eigenvalue weighted by molar-refractivity contribution is 6.38. The van der Waals surface area contributed by atoms with Crippen molar-refractivity contribution in [2.45, 2.75) is 142 Å². The molecular formula is C61H78N4O17. The molecule has 0 aliphatic carbocycles. The molecule has 3 unspecified atom stereocenters. The molecule has 3 aromatic rings. The van der Waals surface area contributed by atoms with Gasteiger partial charge in [-0.1, -0.05) is 45.0 Å². The Kier molecular flexibility index (Phi) is 24.1. The highest BCUT2D eigenvalue weighted by Crippen LogP contribution is 2.35. The number of ketones is 3. The molecule has 21 heteroatoms. The number of benzene rings is 3. The van der Waals surface area contributed by atoms with Crippen LogP contribution in [0, 0.1) is 5.41 Å². The molecule has 0 aromatic heterocycles. The molecule has 3 aliphatic heterocycles. The van der Waals surface area contributed by atoms with Gasteiger partial charge in [-0.05, 0) is 118 Å². The lowest BCUT2D eigenvalue weighted by atomic mass is 9.84. The number of imide groups is 2. The molecule has 2 fully saturated rings. The van der Waals surface area contributed by atoms with Crippen LogP contribution in [0.15, 0.2) is 60.7 Å². The van der Waals surface area contributed by atoms with Crippen molar-refractivity contribution < 1.29 is 82.5 Å². The van der Waals surface area contributed by atoms with E-state index in [1.165, 1.54) is 23.1 Å². The number of carbonyl (C=O) groups is 10. The van der Waals surface area contributed by atoms with E-state index in [-0.39, 0.29) is 79.6 Å². The van der Waals surface area contributed by atoms with E-state index >= 15 is 0 Å². The maximum Gasteiger partial charge on any atom is 0.329 e. The van der Waals surface area contributed by atoms with E-state index in [9.17, 15) is 47.9 Å². The summed E-state index contributed by atoms with van der Waals surface area (Å²) in [7, 11) is 3.10. The minimum atomic E-state index is -2.29. The fourth-order valence-corrected chi connectivity index (χ4v) is 9.53. The van der Waals surface area contributed by atoms with Crippen molar-refractivity contribution in [1.29, 1.82) is 0 Å². The highest BCUT2D eigenvalue weighted by Gasteiger charge is 2.46. The number of hydrogen-bond donors (Lipinski definition) is 2. The molecule has 0 bridgehead atoms. The number of carbonyl (C=O) groups excluding carboxylic acids is 10.